The Morgan fingerprint density at radius 3 is 2.44 bits per heavy atom. The van der Waals surface area contributed by atoms with E-state index in [0.29, 0.717) is 11.8 Å². The van der Waals surface area contributed by atoms with Gasteiger partial charge in [-0.1, -0.05) is 26.6 Å². The van der Waals surface area contributed by atoms with Crippen molar-refractivity contribution in [1.29, 1.82) is 5.41 Å². The van der Waals surface area contributed by atoms with E-state index in [1.807, 2.05) is 6.92 Å². The fraction of sp³-hybridized carbons (Fsp3) is 0.875. The molecule has 0 atom stereocenters. The minimum Gasteiger partial charge on any atom is -0.337 e. The van der Waals surface area contributed by atoms with Crippen LogP contribution in [0.1, 0.15) is 32.6 Å². The van der Waals surface area contributed by atoms with Gasteiger partial charge in [-0.3, -0.25) is 5.41 Å². The van der Waals surface area contributed by atoms with Gasteiger partial charge in [0.1, 0.15) is 0 Å². The van der Waals surface area contributed by atoms with E-state index in [2.05, 4.69) is 8.57 Å². The predicted molar refractivity (Wildman–Crippen MR) is 55.3 cm³/mol. The Morgan fingerprint density at radius 1 is 1.44 bits per heavy atom. The molecule has 2 fully saturated rings. The van der Waals surface area contributed by atoms with E-state index in [-0.39, 0.29) is 12.0 Å². The third kappa shape index (κ3) is 2.13. The predicted octanol–water partition coefficient (Wildman–Crippen LogP) is 0.609. The van der Waals surface area contributed by atoms with E-state index >= 15 is 0 Å². The Morgan fingerprint density at radius 2 is 2.00 bits per heavy atom. The molecule has 1 aliphatic carbocycles. The smallest absolute Gasteiger partial charge is 0.337 e. The zero-order chi connectivity index (χ0) is 11.8. The second-order valence-electron chi connectivity index (χ2n) is 3.86. The Hall–Kier alpha value is -0.860. The van der Waals surface area contributed by atoms with Gasteiger partial charge < -0.3 is 4.90 Å². The molecule has 0 aromatic carbocycles. The first-order valence-corrected chi connectivity index (χ1v) is 6.66. The highest BCUT2D eigenvalue weighted by molar-refractivity contribution is 7.82. The second-order valence-corrected chi connectivity index (χ2v) is 4.98. The number of guanidine groups is 1. The summed E-state index contributed by atoms with van der Waals surface area (Å²) in [6, 6.07) is 0.285. The Labute approximate surface area is 94.7 Å². The summed E-state index contributed by atoms with van der Waals surface area (Å²) in [6.45, 7) is 2.55. The minimum atomic E-state index is -3.88. The molecule has 8 heteroatoms. The number of hydrogen-bond donors (Lipinski definition) is 1. The van der Waals surface area contributed by atoms with Crippen LogP contribution in [0.3, 0.4) is 0 Å². The highest BCUT2D eigenvalue weighted by atomic mass is 32.3. The lowest BCUT2D eigenvalue weighted by Gasteiger charge is -2.36. The third-order valence-electron chi connectivity index (χ3n) is 2.87. The van der Waals surface area contributed by atoms with Crippen LogP contribution in [-0.4, -0.2) is 37.1 Å². The SMILES string of the molecule is CCN(C(=N)N1OS(=O)(=O)O1)C1CCCC1. The maximum absolute atomic E-state index is 10.6. The summed E-state index contributed by atoms with van der Waals surface area (Å²) in [7, 11) is -3.88. The number of rotatable bonds is 2. The van der Waals surface area contributed by atoms with E-state index in [1.54, 1.807) is 4.90 Å². The molecule has 7 nitrogen and oxygen atoms in total. The van der Waals surface area contributed by atoms with Crippen LogP contribution in [0.5, 0.6) is 0 Å². The summed E-state index contributed by atoms with van der Waals surface area (Å²) in [5, 5.41) is 8.42. The standard InChI is InChI=1S/C8H15N3O4S/c1-2-10(7-5-3-4-6-7)8(9)11-14-16(12,13)15-11/h7,9H,2-6H2,1H3. The highest BCUT2D eigenvalue weighted by Gasteiger charge is 2.41. The van der Waals surface area contributed by atoms with Crippen molar-refractivity contribution in [2.45, 2.75) is 38.6 Å². The summed E-state index contributed by atoms with van der Waals surface area (Å²) >= 11 is 0. The third-order valence-corrected chi connectivity index (χ3v) is 3.51. The Bertz CT molecular complexity index is 365. The van der Waals surface area contributed by atoms with Crippen LogP contribution in [0.4, 0.5) is 0 Å². The van der Waals surface area contributed by atoms with Gasteiger partial charge >= 0.3 is 10.4 Å². The normalized spacial score (nSPS) is 24.2. The first kappa shape index (κ1) is 11.6. The fourth-order valence-corrected chi connectivity index (χ4v) is 2.63. The van der Waals surface area contributed by atoms with Gasteiger partial charge in [0.05, 0.1) is 0 Å². The van der Waals surface area contributed by atoms with Crippen molar-refractivity contribution in [2.75, 3.05) is 6.54 Å². The lowest BCUT2D eigenvalue weighted by molar-refractivity contribution is -0.276. The van der Waals surface area contributed by atoms with Crippen molar-refractivity contribution in [2.24, 2.45) is 0 Å². The average molecular weight is 249 g/mol. The number of nitrogens with one attached hydrogen (secondary N) is 1. The van der Waals surface area contributed by atoms with E-state index in [4.69, 9.17) is 5.41 Å². The summed E-state index contributed by atoms with van der Waals surface area (Å²) in [4.78, 5) is 1.79. The van der Waals surface area contributed by atoms with Gasteiger partial charge in [0, 0.05) is 12.6 Å². The zero-order valence-corrected chi connectivity index (χ0v) is 9.87. The van der Waals surface area contributed by atoms with Gasteiger partial charge in [-0.05, 0) is 19.8 Å². The molecule has 16 heavy (non-hydrogen) atoms. The fourth-order valence-electron chi connectivity index (χ4n) is 2.14. The van der Waals surface area contributed by atoms with Gasteiger partial charge in [0.25, 0.3) is 0 Å². The summed E-state index contributed by atoms with van der Waals surface area (Å²) in [5.74, 6) is -0.0516. The van der Waals surface area contributed by atoms with Crippen molar-refractivity contribution in [3.63, 3.8) is 0 Å². The van der Waals surface area contributed by atoms with Gasteiger partial charge in [-0.25, -0.2) is 0 Å². The topological polar surface area (TPSA) is 82.9 Å². The maximum Gasteiger partial charge on any atom is 0.446 e. The van der Waals surface area contributed by atoms with Crippen molar-refractivity contribution in [1.82, 2.24) is 10.1 Å². The number of hydrogen-bond acceptors (Lipinski definition) is 5. The first-order valence-electron chi connectivity index (χ1n) is 5.33. The van der Waals surface area contributed by atoms with Gasteiger partial charge in [0.2, 0.25) is 5.96 Å². The van der Waals surface area contributed by atoms with E-state index < -0.39 is 10.4 Å². The van der Waals surface area contributed by atoms with Gasteiger partial charge in [0.15, 0.2) is 0 Å². The van der Waals surface area contributed by atoms with Gasteiger partial charge in [-0.2, -0.15) is 8.42 Å². The lowest BCUT2D eigenvalue weighted by Crippen LogP contribution is -2.54. The molecule has 0 spiro atoms. The monoisotopic (exact) mass is 249 g/mol. The quantitative estimate of drug-likeness (QED) is 0.570. The van der Waals surface area contributed by atoms with Crippen molar-refractivity contribution in [3.05, 3.63) is 0 Å². The lowest BCUT2D eigenvalue weighted by atomic mass is 10.2. The van der Waals surface area contributed by atoms with Crippen LogP contribution in [0.25, 0.3) is 0 Å². The molecule has 1 N–H and O–H groups in total. The first-order chi connectivity index (χ1) is 7.53. The van der Waals surface area contributed by atoms with Crippen LogP contribution in [0.2, 0.25) is 0 Å². The van der Waals surface area contributed by atoms with E-state index in [9.17, 15) is 8.42 Å². The molecule has 0 aromatic heterocycles. The van der Waals surface area contributed by atoms with Crippen LogP contribution in [-0.2, 0) is 19.0 Å². The largest absolute Gasteiger partial charge is 0.446 e. The molecule has 92 valence electrons. The summed E-state index contributed by atoms with van der Waals surface area (Å²) in [5.41, 5.74) is 0. The second kappa shape index (κ2) is 4.19. The van der Waals surface area contributed by atoms with Crippen LogP contribution in [0, 0.1) is 5.41 Å². The van der Waals surface area contributed by atoms with Crippen molar-refractivity contribution in [3.8, 4) is 0 Å². The molecule has 2 aliphatic rings. The van der Waals surface area contributed by atoms with Crippen LogP contribution >= 0.6 is 0 Å². The molecule has 0 aromatic rings. The molecule has 0 bridgehead atoms. The van der Waals surface area contributed by atoms with Crippen molar-refractivity contribution < 1.29 is 17.0 Å². The molecule has 1 heterocycles. The van der Waals surface area contributed by atoms with Crippen LogP contribution < -0.4 is 0 Å². The number of hydroxylamine groups is 2. The summed E-state index contributed by atoms with van der Waals surface area (Å²) in [6.07, 6.45) is 4.34. The molecule has 1 saturated heterocycles. The number of nitrogens with zero attached hydrogens (tertiary/aromatic N) is 2. The molecule has 1 saturated carbocycles. The minimum absolute atomic E-state index is 0.0516. The van der Waals surface area contributed by atoms with Gasteiger partial charge in [-0.15, -0.1) is 0 Å². The Balaban J connectivity index is 1.96. The average Bonchev–Trinajstić information content (AvgIpc) is 2.68. The van der Waals surface area contributed by atoms with Crippen LogP contribution in [0.15, 0.2) is 0 Å². The molecule has 0 unspecified atom stereocenters. The molecule has 2 rings (SSSR count). The molecular weight excluding hydrogens is 234 g/mol. The van der Waals surface area contributed by atoms with E-state index in [1.165, 1.54) is 0 Å². The Kier molecular flexibility index (Phi) is 3.04. The molecular formula is C8H15N3O4S. The zero-order valence-electron chi connectivity index (χ0n) is 9.05. The van der Waals surface area contributed by atoms with E-state index in [0.717, 1.165) is 25.7 Å². The highest BCUT2D eigenvalue weighted by Crippen LogP contribution is 2.26. The van der Waals surface area contributed by atoms with Crippen molar-refractivity contribution >= 4 is 16.4 Å². The molecule has 1 aliphatic heterocycles. The summed E-state index contributed by atoms with van der Waals surface area (Å²) < 4.78 is 30.0. The molecule has 0 radical (unpaired) electrons. The molecule has 0 amide bonds. The maximum atomic E-state index is 10.6.